The van der Waals surface area contributed by atoms with Crippen LogP contribution in [0.2, 0.25) is 0 Å². The predicted octanol–water partition coefficient (Wildman–Crippen LogP) is 2.75. The van der Waals surface area contributed by atoms with Gasteiger partial charge in [-0.25, -0.2) is 17.2 Å². The Balaban J connectivity index is 2.05. The van der Waals surface area contributed by atoms with Crippen LogP contribution in [0.5, 0.6) is 0 Å². The highest BCUT2D eigenvalue weighted by molar-refractivity contribution is 7.91. The summed E-state index contributed by atoms with van der Waals surface area (Å²) in [6.07, 6.45) is 0. The van der Waals surface area contributed by atoms with Crippen molar-refractivity contribution in [2.45, 2.75) is 29.7 Å². The fourth-order valence-electron chi connectivity index (χ4n) is 4.23. The molecule has 1 fully saturated rings. The molecule has 7 nitrogen and oxygen atoms in total. The second kappa shape index (κ2) is 8.27. The van der Waals surface area contributed by atoms with Gasteiger partial charge < -0.3 is 15.5 Å². The molecule has 0 bridgehead atoms. The first kappa shape index (κ1) is 22.4. The topological polar surface area (TPSA) is 105 Å². The Hall–Kier alpha value is -2.82. The highest BCUT2D eigenvalue weighted by atomic mass is 32.2. The molecule has 0 radical (unpaired) electrons. The summed E-state index contributed by atoms with van der Waals surface area (Å²) in [5, 5.41) is -0.432. The van der Waals surface area contributed by atoms with Gasteiger partial charge in [-0.3, -0.25) is 9.69 Å². The van der Waals surface area contributed by atoms with Crippen LogP contribution in [-0.4, -0.2) is 50.5 Å². The van der Waals surface area contributed by atoms with Crippen LogP contribution >= 0.6 is 0 Å². The molecule has 2 heterocycles. The average Bonchev–Trinajstić information content (AvgIpc) is 3.11. The lowest BCUT2D eigenvalue weighted by Gasteiger charge is -2.32. The lowest BCUT2D eigenvalue weighted by molar-refractivity contribution is -0.125. The van der Waals surface area contributed by atoms with E-state index in [4.69, 9.17) is 10.5 Å². The highest BCUT2D eigenvalue weighted by Gasteiger charge is 2.37. The van der Waals surface area contributed by atoms with Gasteiger partial charge in [-0.15, -0.1) is 0 Å². The molecule has 2 aromatic carbocycles. The van der Waals surface area contributed by atoms with Crippen LogP contribution in [0, 0.1) is 25.5 Å². The first-order valence-electron chi connectivity index (χ1n) is 10.1. The Morgan fingerprint density at radius 2 is 1.75 bits per heavy atom. The number of fused-ring (bicyclic) bond motifs is 1. The number of morpholine rings is 1. The van der Waals surface area contributed by atoms with E-state index in [1.165, 1.54) is 18.2 Å². The Labute approximate surface area is 184 Å². The zero-order chi connectivity index (χ0) is 23.2. The molecule has 170 valence electrons. The second-order valence-corrected chi connectivity index (χ2v) is 9.82. The van der Waals surface area contributed by atoms with Crippen LogP contribution in [0.4, 0.5) is 8.78 Å². The predicted molar refractivity (Wildman–Crippen MR) is 114 cm³/mol. The zero-order valence-electron chi connectivity index (χ0n) is 17.6. The SMILES string of the molecule is Cc1cc(C)cc(S(=O)(=O)c2c(C(C(N)=O)N3CCOCC3)[nH]c3ccc(F)c(F)c23)c1. The van der Waals surface area contributed by atoms with E-state index in [0.29, 0.717) is 37.4 Å². The molecule has 4 rings (SSSR count). The molecule has 0 spiro atoms. The lowest BCUT2D eigenvalue weighted by Crippen LogP contribution is -2.44. The third-order valence-corrected chi connectivity index (χ3v) is 7.38. The number of nitrogens with two attached hydrogens (primary N) is 1. The number of nitrogens with zero attached hydrogens (tertiary/aromatic N) is 1. The number of ether oxygens (including phenoxy) is 1. The number of rotatable bonds is 5. The molecule has 1 unspecified atom stereocenters. The lowest BCUT2D eigenvalue weighted by atomic mass is 10.1. The van der Waals surface area contributed by atoms with Gasteiger partial charge in [-0.2, -0.15) is 0 Å². The van der Waals surface area contributed by atoms with Gasteiger partial charge in [0.25, 0.3) is 0 Å². The molecule has 1 amide bonds. The number of aromatic nitrogens is 1. The van der Waals surface area contributed by atoms with Gasteiger partial charge >= 0.3 is 0 Å². The Bertz CT molecular complexity index is 1290. The van der Waals surface area contributed by atoms with Crippen molar-refractivity contribution in [3.05, 3.63) is 58.8 Å². The summed E-state index contributed by atoms with van der Waals surface area (Å²) >= 11 is 0. The highest BCUT2D eigenvalue weighted by Crippen LogP contribution is 2.39. The smallest absolute Gasteiger partial charge is 0.240 e. The van der Waals surface area contributed by atoms with Crippen LogP contribution in [0.3, 0.4) is 0 Å². The number of amides is 1. The molecule has 32 heavy (non-hydrogen) atoms. The van der Waals surface area contributed by atoms with Gasteiger partial charge in [0.2, 0.25) is 15.7 Å². The van der Waals surface area contributed by atoms with Gasteiger partial charge in [0.05, 0.1) is 34.7 Å². The summed E-state index contributed by atoms with van der Waals surface area (Å²) in [6, 6.07) is 5.67. The van der Waals surface area contributed by atoms with Gasteiger partial charge in [0.1, 0.15) is 10.9 Å². The van der Waals surface area contributed by atoms with E-state index in [-0.39, 0.29) is 16.1 Å². The van der Waals surface area contributed by atoms with Crippen LogP contribution < -0.4 is 5.73 Å². The van der Waals surface area contributed by atoms with E-state index >= 15 is 0 Å². The summed E-state index contributed by atoms with van der Waals surface area (Å²) < 4.78 is 62.1. The number of carbonyl (C=O) groups excluding carboxylic acids is 1. The van der Waals surface area contributed by atoms with Crippen molar-refractivity contribution in [2.24, 2.45) is 5.73 Å². The third kappa shape index (κ3) is 3.78. The molecule has 1 aliphatic rings. The Kier molecular flexibility index (Phi) is 5.78. The number of carbonyl (C=O) groups is 1. The minimum atomic E-state index is -4.36. The minimum absolute atomic E-state index is 0.0568. The molecule has 3 N–H and O–H groups in total. The van der Waals surface area contributed by atoms with E-state index in [1.807, 2.05) is 0 Å². The van der Waals surface area contributed by atoms with Crippen LogP contribution in [0.15, 0.2) is 40.1 Å². The summed E-state index contributed by atoms with van der Waals surface area (Å²) in [5.41, 5.74) is 7.04. The fraction of sp³-hybridized carbons (Fsp3) is 0.318. The fourth-order valence-corrected chi connectivity index (χ4v) is 6.07. The maximum absolute atomic E-state index is 15.0. The monoisotopic (exact) mass is 463 g/mol. The summed E-state index contributed by atoms with van der Waals surface area (Å²) in [5.74, 6) is -3.31. The van der Waals surface area contributed by atoms with Crippen LogP contribution in [0.1, 0.15) is 22.9 Å². The van der Waals surface area contributed by atoms with Crippen molar-refractivity contribution < 1.29 is 26.7 Å². The number of hydrogen-bond donors (Lipinski definition) is 2. The van der Waals surface area contributed by atoms with Crippen molar-refractivity contribution in [3.63, 3.8) is 0 Å². The molecule has 0 saturated carbocycles. The van der Waals surface area contributed by atoms with E-state index < -0.39 is 43.7 Å². The standard InChI is InChI=1S/C22H23F2N3O4S/c1-12-9-13(2)11-14(10-12)32(29,30)21-17-16(4-3-15(23)18(17)24)26-19(21)20(22(25)28)27-5-7-31-8-6-27/h3-4,9-11,20,26H,5-8H2,1-2H3,(H2,25,28). The molecule has 1 aromatic heterocycles. The van der Waals surface area contributed by atoms with E-state index in [1.54, 1.807) is 24.8 Å². The van der Waals surface area contributed by atoms with Crippen LogP contribution in [0.25, 0.3) is 10.9 Å². The summed E-state index contributed by atoms with van der Waals surface area (Å²) in [4.78, 5) is 16.5. The van der Waals surface area contributed by atoms with Crippen LogP contribution in [-0.2, 0) is 19.4 Å². The molecule has 0 aliphatic carbocycles. The summed E-state index contributed by atoms with van der Waals surface area (Å²) in [6.45, 7) is 4.77. The third-order valence-electron chi connectivity index (χ3n) is 5.56. The molecule has 1 saturated heterocycles. The summed E-state index contributed by atoms with van der Waals surface area (Å²) in [7, 11) is -4.36. The van der Waals surface area contributed by atoms with Gasteiger partial charge in [-0.1, -0.05) is 6.07 Å². The number of aromatic amines is 1. The average molecular weight is 464 g/mol. The maximum Gasteiger partial charge on any atom is 0.240 e. The van der Waals surface area contributed by atoms with Crippen molar-refractivity contribution in [2.75, 3.05) is 26.3 Å². The minimum Gasteiger partial charge on any atom is -0.379 e. The molecule has 1 atom stereocenters. The molecular weight excluding hydrogens is 440 g/mol. The Morgan fingerprint density at radius 1 is 1.12 bits per heavy atom. The normalized spacial score (nSPS) is 16.4. The van der Waals surface area contributed by atoms with Gasteiger partial charge in [-0.05, 0) is 49.2 Å². The van der Waals surface area contributed by atoms with Gasteiger partial charge in [0, 0.05) is 13.1 Å². The van der Waals surface area contributed by atoms with Gasteiger partial charge in [0.15, 0.2) is 11.6 Å². The number of sulfone groups is 1. The van der Waals surface area contributed by atoms with Crippen molar-refractivity contribution >= 4 is 26.6 Å². The van der Waals surface area contributed by atoms with Crippen molar-refractivity contribution in [1.82, 2.24) is 9.88 Å². The maximum atomic E-state index is 15.0. The van der Waals surface area contributed by atoms with Crippen molar-refractivity contribution in [1.29, 1.82) is 0 Å². The first-order chi connectivity index (χ1) is 15.1. The first-order valence-corrected chi connectivity index (χ1v) is 11.5. The molecule has 1 aliphatic heterocycles. The van der Waals surface area contributed by atoms with Crippen molar-refractivity contribution in [3.8, 4) is 0 Å². The number of primary amides is 1. The van der Waals surface area contributed by atoms with E-state index in [2.05, 4.69) is 4.98 Å². The molecular formula is C22H23F2N3O4S. The quantitative estimate of drug-likeness (QED) is 0.605. The Morgan fingerprint density at radius 3 is 2.34 bits per heavy atom. The number of hydrogen-bond acceptors (Lipinski definition) is 5. The van der Waals surface area contributed by atoms with E-state index in [9.17, 15) is 22.0 Å². The number of nitrogens with one attached hydrogen (secondary N) is 1. The number of H-pyrrole nitrogens is 1. The van der Waals surface area contributed by atoms with E-state index in [0.717, 1.165) is 6.07 Å². The number of benzene rings is 2. The molecule has 3 aromatic rings. The molecule has 10 heteroatoms. The second-order valence-electron chi connectivity index (χ2n) is 7.93. The number of halogens is 2. The largest absolute Gasteiger partial charge is 0.379 e. The number of aryl methyl sites for hydroxylation is 2. The zero-order valence-corrected chi connectivity index (χ0v) is 18.4.